The van der Waals surface area contributed by atoms with Crippen LogP contribution in [0.2, 0.25) is 0 Å². The Morgan fingerprint density at radius 3 is 2.62 bits per heavy atom. The summed E-state index contributed by atoms with van der Waals surface area (Å²) in [4.78, 5) is 13.3. The molecule has 128 valence electrons. The summed E-state index contributed by atoms with van der Waals surface area (Å²) < 4.78 is 13.0. The molecule has 0 amide bonds. The van der Waals surface area contributed by atoms with E-state index in [2.05, 4.69) is 26.7 Å². The van der Waals surface area contributed by atoms with Crippen molar-refractivity contribution >= 4 is 17.3 Å². The van der Waals surface area contributed by atoms with Gasteiger partial charge in [0.05, 0.1) is 5.69 Å². The molecule has 0 aliphatic rings. The van der Waals surface area contributed by atoms with Crippen LogP contribution in [-0.4, -0.2) is 15.0 Å². The maximum absolute atomic E-state index is 13.0. The third kappa shape index (κ3) is 3.60. The first-order valence-corrected chi connectivity index (χ1v) is 9.02. The molecule has 0 saturated carbocycles. The molecule has 0 saturated heterocycles. The van der Waals surface area contributed by atoms with Crippen molar-refractivity contribution in [3.8, 4) is 22.4 Å². The zero-order valence-electron chi connectivity index (χ0n) is 13.8. The number of thiophene rings is 1. The summed E-state index contributed by atoms with van der Waals surface area (Å²) in [7, 11) is 0. The smallest absolute Gasteiger partial charge is 0.223 e. The third-order valence-electron chi connectivity index (χ3n) is 3.92. The summed E-state index contributed by atoms with van der Waals surface area (Å²) in [6.45, 7) is 0.518. The molecule has 0 bridgehead atoms. The van der Waals surface area contributed by atoms with E-state index in [1.54, 1.807) is 35.9 Å². The number of rotatable bonds is 5. The lowest BCUT2D eigenvalue weighted by Crippen LogP contribution is -2.05. The van der Waals surface area contributed by atoms with Gasteiger partial charge in [-0.2, -0.15) is 11.3 Å². The summed E-state index contributed by atoms with van der Waals surface area (Å²) in [5.74, 6) is 0.274. The van der Waals surface area contributed by atoms with E-state index >= 15 is 0 Å². The molecule has 26 heavy (non-hydrogen) atoms. The second kappa shape index (κ2) is 7.41. The van der Waals surface area contributed by atoms with Crippen LogP contribution < -0.4 is 5.32 Å². The van der Waals surface area contributed by atoms with E-state index < -0.39 is 0 Å². The first-order valence-electron chi connectivity index (χ1n) is 8.08. The van der Waals surface area contributed by atoms with E-state index in [0.717, 1.165) is 27.9 Å². The minimum absolute atomic E-state index is 0.246. The largest absolute Gasteiger partial charge is 0.350 e. The lowest BCUT2D eigenvalue weighted by molar-refractivity contribution is 0.627. The number of hydrogen-bond acceptors (Lipinski definition) is 5. The molecule has 3 heterocycles. The van der Waals surface area contributed by atoms with Gasteiger partial charge in [-0.05, 0) is 52.2 Å². The monoisotopic (exact) mass is 362 g/mol. The Morgan fingerprint density at radius 1 is 1.00 bits per heavy atom. The molecule has 0 unspecified atom stereocenters. The van der Waals surface area contributed by atoms with Gasteiger partial charge >= 0.3 is 0 Å². The van der Waals surface area contributed by atoms with Gasteiger partial charge in [0, 0.05) is 36.3 Å². The average molecular weight is 362 g/mol. The van der Waals surface area contributed by atoms with E-state index in [-0.39, 0.29) is 5.82 Å². The van der Waals surface area contributed by atoms with Crippen LogP contribution in [0.1, 0.15) is 5.56 Å². The van der Waals surface area contributed by atoms with Crippen LogP contribution in [0.4, 0.5) is 10.3 Å². The van der Waals surface area contributed by atoms with Crippen LogP contribution in [0.15, 0.2) is 71.8 Å². The SMILES string of the molecule is Fc1ccc(CNc2ncc(-c3ccsc3)c(-c3cccnc3)n2)cc1. The maximum Gasteiger partial charge on any atom is 0.223 e. The molecular formula is C20H15FN4S. The molecule has 4 aromatic rings. The standard InChI is InChI=1S/C20H15FN4S/c21-17-5-3-14(4-6-17)10-23-20-24-12-18(16-7-9-26-13-16)19(25-20)15-2-1-8-22-11-15/h1-9,11-13H,10H2,(H,23,24,25). The third-order valence-corrected chi connectivity index (χ3v) is 4.60. The van der Waals surface area contributed by atoms with Crippen molar-refractivity contribution in [1.29, 1.82) is 0 Å². The van der Waals surface area contributed by atoms with E-state index in [9.17, 15) is 4.39 Å². The maximum atomic E-state index is 13.0. The number of nitrogens with zero attached hydrogens (tertiary/aromatic N) is 3. The van der Waals surface area contributed by atoms with E-state index in [1.807, 2.05) is 23.7 Å². The predicted octanol–water partition coefficient (Wildman–Crippen LogP) is 5.02. The molecule has 0 aliphatic carbocycles. The van der Waals surface area contributed by atoms with Gasteiger partial charge in [-0.1, -0.05) is 12.1 Å². The Bertz CT molecular complexity index is 986. The predicted molar refractivity (Wildman–Crippen MR) is 102 cm³/mol. The molecule has 3 aromatic heterocycles. The molecule has 0 aliphatic heterocycles. The fraction of sp³-hybridized carbons (Fsp3) is 0.0500. The highest BCUT2D eigenvalue weighted by Crippen LogP contribution is 2.31. The first-order chi connectivity index (χ1) is 12.8. The van der Waals surface area contributed by atoms with Gasteiger partial charge < -0.3 is 5.32 Å². The summed E-state index contributed by atoms with van der Waals surface area (Å²) >= 11 is 1.63. The topological polar surface area (TPSA) is 50.7 Å². The molecule has 1 N–H and O–H groups in total. The molecule has 0 atom stereocenters. The van der Waals surface area contributed by atoms with Crippen molar-refractivity contribution in [2.75, 3.05) is 5.32 Å². The molecule has 6 heteroatoms. The first kappa shape index (κ1) is 16.4. The number of anilines is 1. The second-order valence-electron chi connectivity index (χ2n) is 5.69. The Kier molecular flexibility index (Phi) is 4.66. The lowest BCUT2D eigenvalue weighted by Gasteiger charge is -2.11. The highest BCUT2D eigenvalue weighted by atomic mass is 32.1. The van der Waals surface area contributed by atoms with Gasteiger partial charge in [-0.25, -0.2) is 14.4 Å². The van der Waals surface area contributed by atoms with Crippen molar-refractivity contribution < 1.29 is 4.39 Å². The highest BCUT2D eigenvalue weighted by Gasteiger charge is 2.12. The summed E-state index contributed by atoms with van der Waals surface area (Å²) in [6.07, 6.45) is 5.36. The van der Waals surface area contributed by atoms with Gasteiger partial charge in [-0.15, -0.1) is 0 Å². The molecular weight excluding hydrogens is 347 g/mol. The van der Waals surface area contributed by atoms with Crippen LogP contribution in [0, 0.1) is 5.82 Å². The van der Waals surface area contributed by atoms with E-state index in [0.29, 0.717) is 12.5 Å². The van der Waals surface area contributed by atoms with Crippen molar-refractivity contribution in [1.82, 2.24) is 15.0 Å². The quantitative estimate of drug-likeness (QED) is 0.542. The van der Waals surface area contributed by atoms with Crippen LogP contribution in [-0.2, 0) is 6.54 Å². The minimum Gasteiger partial charge on any atom is -0.350 e. The fourth-order valence-electron chi connectivity index (χ4n) is 2.60. The Labute approximate surface area is 154 Å². The highest BCUT2D eigenvalue weighted by molar-refractivity contribution is 7.08. The van der Waals surface area contributed by atoms with Crippen molar-refractivity contribution in [3.05, 3.63) is 83.2 Å². The molecule has 0 radical (unpaired) electrons. The molecule has 0 spiro atoms. The fourth-order valence-corrected chi connectivity index (χ4v) is 3.26. The Balaban J connectivity index is 1.65. The molecule has 1 aromatic carbocycles. The number of pyridine rings is 1. The van der Waals surface area contributed by atoms with Gasteiger partial charge in [-0.3, -0.25) is 4.98 Å². The van der Waals surface area contributed by atoms with Gasteiger partial charge in [0.15, 0.2) is 0 Å². The van der Waals surface area contributed by atoms with Crippen LogP contribution in [0.3, 0.4) is 0 Å². The summed E-state index contributed by atoms with van der Waals surface area (Å²) in [5, 5.41) is 7.30. The van der Waals surface area contributed by atoms with Gasteiger partial charge in [0.2, 0.25) is 5.95 Å². The number of aromatic nitrogens is 3. The number of halogens is 1. The van der Waals surface area contributed by atoms with E-state index in [1.165, 1.54) is 12.1 Å². The number of nitrogens with one attached hydrogen (secondary N) is 1. The molecule has 4 nitrogen and oxygen atoms in total. The number of hydrogen-bond donors (Lipinski definition) is 1. The zero-order chi connectivity index (χ0) is 17.8. The van der Waals surface area contributed by atoms with Crippen molar-refractivity contribution in [2.45, 2.75) is 6.54 Å². The van der Waals surface area contributed by atoms with Crippen molar-refractivity contribution in [3.63, 3.8) is 0 Å². The van der Waals surface area contributed by atoms with Gasteiger partial charge in [0.25, 0.3) is 0 Å². The lowest BCUT2D eigenvalue weighted by atomic mass is 10.0. The molecule has 4 rings (SSSR count). The summed E-state index contributed by atoms with van der Waals surface area (Å²) in [6, 6.07) is 12.3. The minimum atomic E-state index is -0.246. The average Bonchev–Trinajstić information content (AvgIpc) is 3.23. The van der Waals surface area contributed by atoms with Crippen LogP contribution in [0.5, 0.6) is 0 Å². The normalized spacial score (nSPS) is 10.7. The van der Waals surface area contributed by atoms with Gasteiger partial charge in [0.1, 0.15) is 5.82 Å². The second-order valence-corrected chi connectivity index (χ2v) is 6.47. The number of benzene rings is 1. The van der Waals surface area contributed by atoms with Crippen molar-refractivity contribution in [2.24, 2.45) is 0 Å². The van der Waals surface area contributed by atoms with Crippen LogP contribution in [0.25, 0.3) is 22.4 Å². The van der Waals surface area contributed by atoms with Crippen LogP contribution >= 0.6 is 11.3 Å². The Hall–Kier alpha value is -3.12. The Morgan fingerprint density at radius 2 is 1.88 bits per heavy atom. The summed E-state index contributed by atoms with van der Waals surface area (Å²) in [5.41, 5.74) is 4.76. The molecule has 0 fully saturated rings. The van der Waals surface area contributed by atoms with E-state index in [4.69, 9.17) is 4.98 Å². The zero-order valence-corrected chi connectivity index (χ0v) is 14.6.